The van der Waals surface area contributed by atoms with E-state index in [-0.39, 0.29) is 11.5 Å². The maximum absolute atomic E-state index is 14.7. The number of hydrogen-bond donors (Lipinski definition) is 1. The van der Waals surface area contributed by atoms with E-state index in [0.717, 1.165) is 35.2 Å². The van der Waals surface area contributed by atoms with Crippen LogP contribution in [0.4, 0.5) is 4.39 Å². The number of hydrogen-bond acceptors (Lipinski definition) is 3. The van der Waals surface area contributed by atoms with Gasteiger partial charge in [0.25, 0.3) is 5.91 Å². The third kappa shape index (κ3) is 4.86. The lowest BCUT2D eigenvalue weighted by atomic mass is 9.95. The van der Waals surface area contributed by atoms with Crippen molar-refractivity contribution in [3.8, 4) is 0 Å². The van der Waals surface area contributed by atoms with Gasteiger partial charge in [-0.2, -0.15) is 4.39 Å². The second kappa shape index (κ2) is 9.53. The number of carbonyl (C=O) groups excluding carboxylic acids is 2. The van der Waals surface area contributed by atoms with Gasteiger partial charge in [0.15, 0.2) is 0 Å². The predicted octanol–water partition coefficient (Wildman–Crippen LogP) is 4.95. The topological polar surface area (TPSA) is 62.3 Å². The summed E-state index contributed by atoms with van der Waals surface area (Å²) in [5.74, 6) is -1.37. The molecule has 0 spiro atoms. The fourth-order valence-electron chi connectivity index (χ4n) is 3.61. The van der Waals surface area contributed by atoms with E-state index in [1.807, 2.05) is 19.1 Å². The molecule has 2 amide bonds. The Morgan fingerprint density at radius 1 is 1.21 bits per heavy atom. The zero-order valence-electron chi connectivity index (χ0n) is 16.9. The van der Waals surface area contributed by atoms with Crippen LogP contribution in [0.3, 0.4) is 0 Å². The molecule has 156 valence electrons. The van der Waals surface area contributed by atoms with Crippen LogP contribution in [0, 0.1) is 12.9 Å². The molecule has 0 aliphatic carbocycles. The van der Waals surface area contributed by atoms with Crippen LogP contribution in [0.2, 0.25) is 0 Å². The van der Waals surface area contributed by atoms with Crippen molar-refractivity contribution in [1.82, 2.24) is 15.4 Å². The van der Waals surface area contributed by atoms with E-state index in [9.17, 15) is 14.0 Å². The fraction of sp³-hybridized carbons (Fsp3) is 0.500. The average molecular weight is 420 g/mol. The molecule has 3 rings (SSSR count). The minimum absolute atomic E-state index is 0.209. The number of pyridine rings is 1. The van der Waals surface area contributed by atoms with Crippen LogP contribution >= 0.6 is 11.6 Å². The molecule has 2 unspecified atom stereocenters. The van der Waals surface area contributed by atoms with Gasteiger partial charge in [0.05, 0.1) is 5.52 Å². The summed E-state index contributed by atoms with van der Waals surface area (Å²) in [5.41, 5.74) is 4.33. The van der Waals surface area contributed by atoms with Crippen LogP contribution < -0.4 is 5.43 Å². The Bertz CT molecular complexity index is 905. The number of nitrogens with zero attached hydrogens (tertiary/aromatic N) is 2. The minimum Gasteiger partial charge on any atom is -0.273 e. The van der Waals surface area contributed by atoms with Gasteiger partial charge in [0.1, 0.15) is 11.4 Å². The van der Waals surface area contributed by atoms with E-state index in [1.54, 1.807) is 12.1 Å². The zero-order valence-corrected chi connectivity index (χ0v) is 17.6. The van der Waals surface area contributed by atoms with Gasteiger partial charge in [-0.3, -0.25) is 15.0 Å². The number of unbranched alkanes of at least 4 members (excludes halogenated alkanes) is 5. The Kier molecular flexibility index (Phi) is 7.06. The molecule has 1 fully saturated rings. The minimum atomic E-state index is -0.927. The first-order chi connectivity index (χ1) is 13.9. The standard InChI is InChI=1S/C22H27ClFN3O2/c1-3-4-5-6-7-8-9-18(28)26-27-20(19(23)22(27)29)16-13-15-11-10-14(2)12-17(15)25-21(16)24/h10-13,19-20H,3-9H2,1-2H3,(H,26,28). The van der Waals surface area contributed by atoms with Crippen molar-refractivity contribution in [2.75, 3.05) is 0 Å². The van der Waals surface area contributed by atoms with Crippen molar-refractivity contribution < 1.29 is 14.0 Å². The van der Waals surface area contributed by atoms with Crippen molar-refractivity contribution in [1.29, 1.82) is 0 Å². The van der Waals surface area contributed by atoms with Gasteiger partial charge < -0.3 is 0 Å². The maximum atomic E-state index is 14.7. The van der Waals surface area contributed by atoms with Crippen LogP contribution in [0.5, 0.6) is 0 Å². The molecule has 1 aliphatic rings. The van der Waals surface area contributed by atoms with Gasteiger partial charge in [-0.15, -0.1) is 11.6 Å². The molecule has 0 bridgehead atoms. The second-order valence-corrected chi connectivity index (χ2v) is 8.14. The summed E-state index contributed by atoms with van der Waals surface area (Å²) in [6.45, 7) is 4.07. The molecular formula is C22H27ClFN3O2. The SMILES string of the molecule is CCCCCCCCC(=O)NN1C(=O)C(Cl)C1c1cc2ccc(C)cc2nc1F. The molecule has 1 saturated heterocycles. The highest BCUT2D eigenvalue weighted by molar-refractivity contribution is 6.33. The monoisotopic (exact) mass is 419 g/mol. The first-order valence-corrected chi connectivity index (χ1v) is 10.7. The molecule has 5 nitrogen and oxygen atoms in total. The molecule has 7 heteroatoms. The largest absolute Gasteiger partial charge is 0.273 e. The number of fused-ring (bicyclic) bond motifs is 1. The summed E-state index contributed by atoms with van der Waals surface area (Å²) in [4.78, 5) is 28.4. The highest BCUT2D eigenvalue weighted by Gasteiger charge is 2.49. The van der Waals surface area contributed by atoms with Crippen LogP contribution in [0.25, 0.3) is 10.9 Å². The summed E-state index contributed by atoms with van der Waals surface area (Å²) in [7, 11) is 0. The van der Waals surface area contributed by atoms with Crippen molar-refractivity contribution in [3.63, 3.8) is 0 Å². The number of halogens is 2. The second-order valence-electron chi connectivity index (χ2n) is 7.67. The van der Waals surface area contributed by atoms with Crippen molar-refractivity contribution in [2.45, 2.75) is 70.2 Å². The lowest BCUT2D eigenvalue weighted by Gasteiger charge is -2.43. The third-order valence-corrected chi connectivity index (χ3v) is 5.73. The van der Waals surface area contributed by atoms with Crippen LogP contribution in [0.15, 0.2) is 24.3 Å². The Morgan fingerprint density at radius 2 is 1.93 bits per heavy atom. The van der Waals surface area contributed by atoms with E-state index in [4.69, 9.17) is 11.6 Å². The van der Waals surface area contributed by atoms with E-state index >= 15 is 0 Å². The Hall–Kier alpha value is -2.21. The number of rotatable bonds is 9. The first kappa shape index (κ1) is 21.5. The quantitative estimate of drug-likeness (QED) is 0.270. The molecule has 2 aromatic rings. The lowest BCUT2D eigenvalue weighted by molar-refractivity contribution is -0.156. The highest BCUT2D eigenvalue weighted by atomic mass is 35.5. The molecular weight excluding hydrogens is 393 g/mol. The number of β-lactam (4-membered cyclic amide) rings is 1. The van der Waals surface area contributed by atoms with E-state index in [2.05, 4.69) is 17.3 Å². The van der Waals surface area contributed by atoms with Crippen molar-refractivity contribution >= 4 is 34.3 Å². The number of benzene rings is 1. The first-order valence-electron chi connectivity index (χ1n) is 10.3. The number of hydrazine groups is 1. The number of carbonyl (C=O) groups is 2. The zero-order chi connectivity index (χ0) is 21.0. The van der Waals surface area contributed by atoms with Crippen molar-refractivity contribution in [3.05, 3.63) is 41.3 Å². The fourth-order valence-corrected chi connectivity index (χ4v) is 3.96. The van der Waals surface area contributed by atoms with Gasteiger partial charge in [0, 0.05) is 17.4 Å². The van der Waals surface area contributed by atoms with Gasteiger partial charge in [0.2, 0.25) is 11.9 Å². The summed E-state index contributed by atoms with van der Waals surface area (Å²) in [5, 5.41) is 0.967. The van der Waals surface area contributed by atoms with Crippen molar-refractivity contribution in [2.24, 2.45) is 0 Å². The number of amides is 2. The predicted molar refractivity (Wildman–Crippen MR) is 112 cm³/mol. The number of alkyl halides is 1. The molecule has 1 aromatic carbocycles. The molecule has 0 radical (unpaired) electrons. The van der Waals surface area contributed by atoms with Crippen LogP contribution in [0.1, 0.15) is 69.0 Å². The lowest BCUT2D eigenvalue weighted by Crippen LogP contribution is -2.63. The summed E-state index contributed by atoms with van der Waals surface area (Å²) < 4.78 is 14.7. The molecule has 0 saturated carbocycles. The number of nitrogens with one attached hydrogen (secondary N) is 1. The van der Waals surface area contributed by atoms with E-state index in [0.29, 0.717) is 11.9 Å². The van der Waals surface area contributed by atoms with E-state index < -0.39 is 23.3 Å². The third-order valence-electron chi connectivity index (χ3n) is 5.30. The summed E-state index contributed by atoms with van der Waals surface area (Å²) in [6, 6.07) is 6.45. The summed E-state index contributed by atoms with van der Waals surface area (Å²) >= 11 is 6.16. The number of aryl methyl sites for hydroxylation is 1. The maximum Gasteiger partial charge on any atom is 0.262 e. The Labute approximate surface area is 175 Å². The normalized spacial score (nSPS) is 18.8. The van der Waals surface area contributed by atoms with Gasteiger partial charge in [-0.25, -0.2) is 9.99 Å². The van der Waals surface area contributed by atoms with Gasteiger partial charge >= 0.3 is 0 Å². The van der Waals surface area contributed by atoms with Crippen LogP contribution in [-0.4, -0.2) is 27.2 Å². The summed E-state index contributed by atoms with van der Waals surface area (Å²) in [6.07, 6.45) is 6.73. The van der Waals surface area contributed by atoms with Crippen LogP contribution in [-0.2, 0) is 9.59 Å². The molecule has 2 heterocycles. The molecule has 1 N–H and O–H groups in total. The van der Waals surface area contributed by atoms with Gasteiger partial charge in [-0.05, 0) is 31.0 Å². The molecule has 1 aromatic heterocycles. The Morgan fingerprint density at radius 3 is 2.69 bits per heavy atom. The number of aromatic nitrogens is 1. The Balaban J connectivity index is 1.65. The molecule has 2 atom stereocenters. The van der Waals surface area contributed by atoms with E-state index in [1.165, 1.54) is 19.3 Å². The molecule has 1 aliphatic heterocycles. The average Bonchev–Trinajstić information content (AvgIpc) is 2.70. The highest BCUT2D eigenvalue weighted by Crippen LogP contribution is 2.39. The molecule has 29 heavy (non-hydrogen) atoms. The smallest absolute Gasteiger partial charge is 0.262 e. The van der Waals surface area contributed by atoms with Gasteiger partial charge in [-0.1, -0.05) is 51.2 Å².